The van der Waals surface area contributed by atoms with E-state index in [1.54, 1.807) is 0 Å². The summed E-state index contributed by atoms with van der Waals surface area (Å²) in [7, 11) is 0. The van der Waals surface area contributed by atoms with Crippen LogP contribution in [-0.4, -0.2) is 79.6 Å². The Hall–Kier alpha value is 0.0500. The van der Waals surface area contributed by atoms with Crippen LogP contribution < -0.4 is 0 Å². The monoisotopic (exact) mass is 282 g/mol. The van der Waals surface area contributed by atoms with Gasteiger partial charge in [-0.05, 0) is 0 Å². The molecule has 1 unspecified atom stereocenters. The minimum absolute atomic E-state index is 0.284. The smallest absolute Gasteiger partial charge is 0.114 e. The molecule has 7 heteroatoms. The number of epoxide rings is 2. The van der Waals surface area contributed by atoms with Crippen molar-refractivity contribution in [2.24, 2.45) is 0 Å². The third-order valence-electron chi connectivity index (χ3n) is 2.78. The maximum Gasteiger partial charge on any atom is 0.114 e. The third-order valence-corrected chi connectivity index (χ3v) is 3.12. The highest BCUT2D eigenvalue weighted by Gasteiger charge is 2.46. The number of hydrogen-bond acceptors (Lipinski definition) is 6. The van der Waals surface area contributed by atoms with Gasteiger partial charge in [0.2, 0.25) is 0 Å². The van der Waals surface area contributed by atoms with Crippen LogP contribution in [0, 0.1) is 0 Å². The quantitative estimate of drug-likeness (QED) is 0.481. The lowest BCUT2D eigenvalue weighted by Gasteiger charge is -2.09. The van der Waals surface area contributed by atoms with E-state index in [2.05, 4.69) is 4.74 Å². The lowest BCUT2D eigenvalue weighted by molar-refractivity contribution is 0.00205. The summed E-state index contributed by atoms with van der Waals surface area (Å²) < 4.78 is 19.4. The number of fused-ring (bicyclic) bond motifs is 1. The highest BCUT2D eigenvalue weighted by molar-refractivity contribution is 6.18. The highest BCUT2D eigenvalue weighted by Crippen LogP contribution is 2.26. The van der Waals surface area contributed by atoms with Gasteiger partial charge < -0.3 is 29.2 Å². The minimum atomic E-state index is -0.554. The summed E-state index contributed by atoms with van der Waals surface area (Å²) in [5.74, 6) is 0.667. The number of alkyl halides is 1. The number of rotatable bonds is 1. The van der Waals surface area contributed by atoms with E-state index in [-0.39, 0.29) is 25.4 Å². The normalized spacial score (nSPS) is 43.2. The molecule has 4 aliphatic rings. The lowest BCUT2D eigenvalue weighted by Crippen LogP contribution is -2.30. The third kappa shape index (κ3) is 4.62. The molecule has 0 aromatic heterocycles. The molecule has 4 rings (SSSR count). The fourth-order valence-electron chi connectivity index (χ4n) is 1.62. The van der Waals surface area contributed by atoms with E-state index in [4.69, 9.17) is 36.0 Å². The van der Waals surface area contributed by atoms with Crippen molar-refractivity contribution in [3.8, 4) is 0 Å². The van der Waals surface area contributed by atoms with Gasteiger partial charge in [0.05, 0.1) is 45.0 Å². The van der Waals surface area contributed by atoms with Gasteiger partial charge in [-0.3, -0.25) is 0 Å². The summed E-state index contributed by atoms with van der Waals surface area (Å²) >= 11 is 5.27. The molecule has 0 radical (unpaired) electrons. The molecular weight excluding hydrogens is 264 g/mol. The van der Waals surface area contributed by atoms with Crippen molar-refractivity contribution < 1.29 is 29.2 Å². The van der Waals surface area contributed by atoms with E-state index in [1.165, 1.54) is 0 Å². The molecule has 4 fully saturated rings. The van der Waals surface area contributed by atoms with Crippen LogP contribution in [0.4, 0.5) is 0 Å². The second-order valence-corrected chi connectivity index (χ2v) is 4.76. The van der Waals surface area contributed by atoms with Gasteiger partial charge in [0.15, 0.2) is 0 Å². The average molecular weight is 283 g/mol. The predicted octanol–water partition coefficient (Wildman–Crippen LogP) is -0.854. The number of halogens is 1. The Morgan fingerprint density at radius 1 is 0.889 bits per heavy atom. The van der Waals surface area contributed by atoms with Crippen molar-refractivity contribution in [1.82, 2.24) is 0 Å². The number of hydrogen-bond donors (Lipinski definition) is 2. The van der Waals surface area contributed by atoms with Crippen LogP contribution >= 0.6 is 11.6 Å². The predicted molar refractivity (Wildman–Crippen MR) is 62.8 cm³/mol. The maximum absolute atomic E-state index is 9.16. The van der Waals surface area contributed by atoms with Gasteiger partial charge in [-0.2, -0.15) is 0 Å². The van der Waals surface area contributed by atoms with Crippen molar-refractivity contribution in [3.63, 3.8) is 0 Å². The molecule has 4 aliphatic heterocycles. The molecule has 4 heterocycles. The van der Waals surface area contributed by atoms with Crippen molar-refractivity contribution in [2.75, 3.05) is 38.9 Å². The minimum Gasteiger partial charge on any atom is -0.388 e. The molecule has 18 heavy (non-hydrogen) atoms. The van der Waals surface area contributed by atoms with Gasteiger partial charge in [0.25, 0.3) is 0 Å². The SMILES string of the molecule is C1CO1.ClCC1CO1.O[C@@H]1CO[C@H]2[C@@H]1OC[C@@H]2O. The van der Waals surface area contributed by atoms with Crippen LogP contribution in [0.15, 0.2) is 0 Å². The Labute approximate surface area is 111 Å². The van der Waals surface area contributed by atoms with Gasteiger partial charge in [0.1, 0.15) is 24.4 Å². The van der Waals surface area contributed by atoms with E-state index in [1.807, 2.05) is 0 Å². The van der Waals surface area contributed by atoms with Gasteiger partial charge >= 0.3 is 0 Å². The summed E-state index contributed by atoms with van der Waals surface area (Å²) in [6.45, 7) is 3.45. The largest absolute Gasteiger partial charge is 0.388 e. The van der Waals surface area contributed by atoms with E-state index in [0.717, 1.165) is 19.8 Å². The molecule has 4 saturated heterocycles. The maximum atomic E-state index is 9.16. The summed E-state index contributed by atoms with van der Waals surface area (Å²) in [6, 6.07) is 0. The molecule has 106 valence electrons. The molecule has 0 aromatic rings. The average Bonchev–Trinajstić information content (AvgIpc) is 3.27. The molecule has 0 spiro atoms. The van der Waals surface area contributed by atoms with Crippen LogP contribution in [0.1, 0.15) is 0 Å². The molecule has 0 amide bonds. The van der Waals surface area contributed by atoms with E-state index < -0.39 is 12.2 Å². The lowest BCUT2D eigenvalue weighted by atomic mass is 10.1. The first-order valence-corrected chi connectivity index (χ1v) is 6.60. The second kappa shape index (κ2) is 7.00. The Morgan fingerprint density at radius 2 is 1.33 bits per heavy atom. The van der Waals surface area contributed by atoms with E-state index in [0.29, 0.717) is 12.0 Å². The molecule has 0 bridgehead atoms. The first kappa shape index (κ1) is 14.5. The summed E-state index contributed by atoms with van der Waals surface area (Å²) in [5.41, 5.74) is 0. The number of aliphatic hydroxyl groups excluding tert-OH is 2. The zero-order valence-corrected chi connectivity index (χ0v) is 10.8. The van der Waals surface area contributed by atoms with Crippen molar-refractivity contribution in [1.29, 1.82) is 0 Å². The molecular formula is C11H19ClO6. The molecule has 5 atom stereocenters. The zero-order chi connectivity index (χ0) is 13.0. The van der Waals surface area contributed by atoms with Gasteiger partial charge in [-0.15, -0.1) is 11.6 Å². The van der Waals surface area contributed by atoms with Crippen molar-refractivity contribution in [2.45, 2.75) is 30.5 Å². The van der Waals surface area contributed by atoms with Gasteiger partial charge in [0, 0.05) is 0 Å². The van der Waals surface area contributed by atoms with Crippen LogP contribution in [0.25, 0.3) is 0 Å². The Kier molecular flexibility index (Phi) is 5.62. The zero-order valence-electron chi connectivity index (χ0n) is 10.0. The first-order chi connectivity index (χ1) is 8.72. The summed E-state index contributed by atoms with van der Waals surface area (Å²) in [6.07, 6.45) is -1.30. The number of aliphatic hydroxyl groups is 2. The highest BCUT2D eigenvalue weighted by atomic mass is 35.5. The summed E-state index contributed by atoms with van der Waals surface area (Å²) in [5, 5.41) is 18.3. The second-order valence-electron chi connectivity index (χ2n) is 4.45. The Bertz CT molecular complexity index is 229. The van der Waals surface area contributed by atoms with Crippen molar-refractivity contribution in [3.05, 3.63) is 0 Å². The van der Waals surface area contributed by atoms with Crippen LogP contribution in [0.5, 0.6) is 0 Å². The Balaban J connectivity index is 0.000000124. The fourth-order valence-corrected chi connectivity index (χ4v) is 1.79. The molecule has 0 saturated carbocycles. The van der Waals surface area contributed by atoms with E-state index in [9.17, 15) is 0 Å². The first-order valence-electron chi connectivity index (χ1n) is 6.07. The molecule has 6 nitrogen and oxygen atoms in total. The molecule has 0 aromatic carbocycles. The van der Waals surface area contributed by atoms with E-state index >= 15 is 0 Å². The van der Waals surface area contributed by atoms with Gasteiger partial charge in [-0.1, -0.05) is 0 Å². The van der Waals surface area contributed by atoms with Crippen LogP contribution in [0.2, 0.25) is 0 Å². The van der Waals surface area contributed by atoms with Gasteiger partial charge in [-0.25, -0.2) is 0 Å². The van der Waals surface area contributed by atoms with Crippen LogP contribution in [0.3, 0.4) is 0 Å². The fraction of sp³-hybridized carbons (Fsp3) is 1.00. The standard InChI is InChI=1S/C6H10O4.C3H5ClO.C2H4O/c7-3-1-9-6-4(8)2-10-5(3)6;4-1-3-2-5-3;1-2-3-1/h3-8H,1-2H2;3H,1-2H2;1-2H2/t3-,4+,5-,6-;;/m1../s1. The van der Waals surface area contributed by atoms with Crippen molar-refractivity contribution >= 4 is 11.6 Å². The number of ether oxygens (including phenoxy) is 4. The van der Waals surface area contributed by atoms with Crippen LogP contribution in [-0.2, 0) is 18.9 Å². The Morgan fingerprint density at radius 3 is 1.56 bits per heavy atom. The molecule has 0 aliphatic carbocycles. The molecule has 2 N–H and O–H groups in total. The topological polar surface area (TPSA) is 84.0 Å². The summed E-state index contributed by atoms with van der Waals surface area (Å²) in [4.78, 5) is 0.